The van der Waals surface area contributed by atoms with Crippen molar-refractivity contribution < 1.29 is 30.7 Å². The molecule has 0 bridgehead atoms. The molecular weight excluding hydrogens is 331 g/mol. The quantitative estimate of drug-likeness (QED) is 0.302. The fraction of sp³-hybridized carbons (Fsp3) is 1.00. The summed E-state index contributed by atoms with van der Waals surface area (Å²) in [5.74, 6) is -1.69. The molecule has 0 radical (unpaired) electrons. The third kappa shape index (κ3) is 18.7. The first-order valence-corrected chi connectivity index (χ1v) is 9.88. The van der Waals surface area contributed by atoms with Crippen LogP contribution < -0.4 is 0 Å². The molecule has 0 saturated carbocycles. The van der Waals surface area contributed by atoms with E-state index in [2.05, 4.69) is 6.92 Å². The van der Waals surface area contributed by atoms with Gasteiger partial charge in [0.25, 0.3) is 20.2 Å². The number of hydrogen-bond acceptors (Lipinski definition) is 5. The van der Waals surface area contributed by atoms with Crippen LogP contribution in [-0.4, -0.2) is 79.7 Å². The van der Waals surface area contributed by atoms with Crippen molar-refractivity contribution in [2.75, 3.05) is 18.1 Å². The summed E-state index contributed by atoms with van der Waals surface area (Å²) >= 11 is 0. The Morgan fingerprint density at radius 3 is 1.71 bits per heavy atom. The van der Waals surface area contributed by atoms with E-state index in [0.717, 1.165) is 32.1 Å². The van der Waals surface area contributed by atoms with Crippen LogP contribution in [-0.2, 0) is 25.0 Å². The summed E-state index contributed by atoms with van der Waals surface area (Å²) in [4.78, 5) is 0. The molecule has 0 aliphatic heterocycles. The average molecular weight is 356 g/mol. The zero-order chi connectivity index (χ0) is 15.6. The van der Waals surface area contributed by atoms with Gasteiger partial charge in [0.15, 0.2) is 0 Å². The summed E-state index contributed by atoms with van der Waals surface area (Å²) in [5, 5.41) is 0. The van der Waals surface area contributed by atoms with Gasteiger partial charge in [-0.25, -0.2) is 0 Å². The number of ether oxygens (including phenoxy) is 1. The molecule has 0 saturated heterocycles. The zero-order valence-electron chi connectivity index (χ0n) is 11.7. The summed E-state index contributed by atoms with van der Waals surface area (Å²) in [6.45, 7) is 2.31. The molecule has 0 aromatic heterocycles. The van der Waals surface area contributed by atoms with Gasteiger partial charge in [-0.3, -0.25) is 9.11 Å². The van der Waals surface area contributed by atoms with Crippen molar-refractivity contribution in [2.45, 2.75) is 51.6 Å². The van der Waals surface area contributed by atoms with Crippen LogP contribution in [0.5, 0.6) is 0 Å². The van der Waals surface area contributed by atoms with E-state index >= 15 is 0 Å². The topological polar surface area (TPSA) is 118 Å². The van der Waals surface area contributed by atoms with Crippen molar-refractivity contribution in [3.05, 3.63) is 0 Å². The first-order chi connectivity index (χ1) is 9.14. The minimum atomic E-state index is -4.35. The Bertz CT molecular complexity index is 413. The van der Waals surface area contributed by atoms with Gasteiger partial charge in [-0.05, 0) is 6.42 Å². The van der Waals surface area contributed by atoms with E-state index in [1.165, 1.54) is 0 Å². The third-order valence-electron chi connectivity index (χ3n) is 2.64. The molecule has 0 unspecified atom stereocenters. The Kier molecular flexibility index (Phi) is 14.0. The number of unbranched alkanes of at least 4 members (excludes halogenated alkanes) is 5. The second kappa shape index (κ2) is 12.2. The average Bonchev–Trinajstić information content (AvgIpc) is 2.23. The minimum absolute atomic E-state index is 0. The summed E-state index contributed by atoms with van der Waals surface area (Å²) in [6, 6.07) is 0. The van der Waals surface area contributed by atoms with Crippen LogP contribution in [0.1, 0.15) is 45.4 Å². The maximum atomic E-state index is 10.7. The van der Waals surface area contributed by atoms with E-state index in [-0.39, 0.29) is 36.2 Å². The normalized spacial score (nSPS) is 12.4. The van der Waals surface area contributed by atoms with Gasteiger partial charge in [-0.2, -0.15) is 16.8 Å². The molecule has 10 heteroatoms. The zero-order valence-corrected chi connectivity index (χ0v) is 13.3. The van der Waals surface area contributed by atoms with Crippen molar-refractivity contribution in [2.24, 2.45) is 0 Å². The number of hydrogen-bond donors (Lipinski definition) is 2. The molecule has 0 amide bonds. The molecule has 0 heterocycles. The molecule has 21 heavy (non-hydrogen) atoms. The molecule has 0 aliphatic rings. The van der Waals surface area contributed by atoms with E-state index in [1.807, 2.05) is 0 Å². The monoisotopic (exact) mass is 356 g/mol. The van der Waals surface area contributed by atoms with Crippen LogP contribution in [0.2, 0.25) is 0 Å². The van der Waals surface area contributed by atoms with E-state index in [0.29, 0.717) is 6.42 Å². The van der Waals surface area contributed by atoms with Crippen LogP contribution in [0.15, 0.2) is 0 Å². The van der Waals surface area contributed by atoms with Gasteiger partial charge in [-0.1, -0.05) is 39.0 Å². The molecule has 0 atom stereocenters. The van der Waals surface area contributed by atoms with Crippen LogP contribution >= 0.6 is 0 Å². The van der Waals surface area contributed by atoms with E-state index in [1.54, 1.807) is 0 Å². The molecule has 0 spiro atoms. The van der Waals surface area contributed by atoms with Crippen molar-refractivity contribution in [3.63, 3.8) is 0 Å². The van der Waals surface area contributed by atoms with Gasteiger partial charge in [-0.15, -0.1) is 0 Å². The van der Waals surface area contributed by atoms with Gasteiger partial charge in [0.05, 0.1) is 6.10 Å². The summed E-state index contributed by atoms with van der Waals surface area (Å²) in [5.41, 5.74) is 0. The number of rotatable bonds is 12. The fourth-order valence-corrected chi connectivity index (χ4v) is 3.26. The molecule has 0 rings (SSSR count). The Hall–Kier alpha value is 0.780. The van der Waals surface area contributed by atoms with Crippen molar-refractivity contribution in [3.8, 4) is 0 Å². The van der Waals surface area contributed by atoms with Crippen LogP contribution in [0, 0.1) is 0 Å². The molecule has 2 N–H and O–H groups in total. The van der Waals surface area contributed by atoms with Gasteiger partial charge in [0, 0.05) is 6.61 Å². The predicted molar refractivity (Wildman–Crippen MR) is 83.1 cm³/mol. The summed E-state index contributed by atoms with van der Waals surface area (Å²) in [6.07, 6.45) is 4.79. The third-order valence-corrected chi connectivity index (χ3v) is 4.23. The molecule has 0 aromatic carbocycles. The Labute approximate surface area is 149 Å². The Balaban J connectivity index is 0. The summed E-state index contributed by atoms with van der Waals surface area (Å²) in [7, 11) is -8.70. The van der Waals surface area contributed by atoms with Gasteiger partial charge >= 0.3 is 29.6 Å². The standard InChI is InChI=1S/C11H24O7S2.Na.H/c1-2-3-4-5-6-7-8-18-11(9-19(12,13)14)10-20(15,16)17;;/h11H,2-10H2,1H3,(H,12,13,14)(H,15,16,17);;. The Morgan fingerprint density at radius 2 is 1.29 bits per heavy atom. The van der Waals surface area contributed by atoms with Crippen LogP contribution in [0.3, 0.4) is 0 Å². The van der Waals surface area contributed by atoms with Crippen LogP contribution in [0.4, 0.5) is 0 Å². The van der Waals surface area contributed by atoms with Crippen molar-refractivity contribution in [1.82, 2.24) is 0 Å². The molecular formula is C11H25NaO7S2. The maximum absolute atomic E-state index is 10.7. The molecule has 0 aliphatic carbocycles. The van der Waals surface area contributed by atoms with Crippen molar-refractivity contribution in [1.29, 1.82) is 0 Å². The first kappa shape index (κ1) is 24.0. The molecule has 124 valence electrons. The van der Waals surface area contributed by atoms with Gasteiger partial charge in [0.1, 0.15) is 11.5 Å². The van der Waals surface area contributed by atoms with Gasteiger partial charge in [0.2, 0.25) is 0 Å². The second-order valence-corrected chi connectivity index (χ2v) is 7.75. The molecule has 0 aromatic rings. The predicted octanol–water partition coefficient (Wildman–Crippen LogP) is 0.859. The van der Waals surface area contributed by atoms with Crippen molar-refractivity contribution >= 4 is 49.8 Å². The molecule has 7 nitrogen and oxygen atoms in total. The molecule has 0 fully saturated rings. The Morgan fingerprint density at radius 1 is 0.857 bits per heavy atom. The van der Waals surface area contributed by atoms with E-state index < -0.39 is 37.8 Å². The second-order valence-electron chi connectivity index (χ2n) is 4.76. The summed E-state index contributed by atoms with van der Waals surface area (Å²) < 4.78 is 65.5. The fourth-order valence-electron chi connectivity index (χ4n) is 1.75. The van der Waals surface area contributed by atoms with Gasteiger partial charge < -0.3 is 4.74 Å². The van der Waals surface area contributed by atoms with E-state index in [9.17, 15) is 16.8 Å². The first-order valence-electron chi connectivity index (χ1n) is 6.66. The SMILES string of the molecule is CCCCCCCCOC(CS(=O)(=O)O)CS(=O)(=O)O.[NaH]. The van der Waals surface area contributed by atoms with Crippen LogP contribution in [0.25, 0.3) is 0 Å². The van der Waals surface area contributed by atoms with E-state index in [4.69, 9.17) is 13.8 Å².